The van der Waals surface area contributed by atoms with Crippen LogP contribution in [0.25, 0.3) is 10.6 Å². The van der Waals surface area contributed by atoms with Crippen LogP contribution in [0.3, 0.4) is 0 Å². The van der Waals surface area contributed by atoms with Crippen molar-refractivity contribution >= 4 is 35.1 Å². The number of carbonyl (C=O) groups excluding carboxylic acids is 1. The van der Waals surface area contributed by atoms with E-state index in [0.717, 1.165) is 4.88 Å². The lowest BCUT2D eigenvalue weighted by Gasteiger charge is -2.10. The van der Waals surface area contributed by atoms with E-state index >= 15 is 0 Å². The first-order valence-electron chi connectivity index (χ1n) is 7.92. The Hall–Kier alpha value is -3.17. The molecule has 0 saturated heterocycles. The summed E-state index contributed by atoms with van der Waals surface area (Å²) in [5, 5.41) is 6.03. The molecule has 2 aromatic heterocycles. The number of benzene rings is 1. The molecule has 0 aliphatic rings. The monoisotopic (exact) mass is 418 g/mol. The molecule has 10 heteroatoms. The Labute approximate surface area is 168 Å². The maximum absolute atomic E-state index is 12.3. The van der Waals surface area contributed by atoms with Crippen LogP contribution < -0.4 is 20.6 Å². The van der Waals surface area contributed by atoms with Gasteiger partial charge in [0.2, 0.25) is 0 Å². The van der Waals surface area contributed by atoms with Crippen molar-refractivity contribution in [1.29, 1.82) is 0 Å². The summed E-state index contributed by atoms with van der Waals surface area (Å²) in [6.07, 6.45) is 1.36. The predicted molar refractivity (Wildman–Crippen MR) is 108 cm³/mol. The third-order valence-corrected chi connectivity index (χ3v) is 4.94. The Bertz CT molecular complexity index is 1080. The summed E-state index contributed by atoms with van der Waals surface area (Å²) in [5.74, 6) is 0.204. The minimum atomic E-state index is -0.628. The number of aromatic amines is 1. The van der Waals surface area contributed by atoms with Crippen molar-refractivity contribution in [2.24, 2.45) is 5.10 Å². The largest absolute Gasteiger partial charge is 0.493 e. The molecule has 0 radical (unpaired) electrons. The molecule has 2 N–H and O–H groups in total. The number of nitrogens with one attached hydrogen (secondary N) is 2. The Morgan fingerprint density at radius 1 is 1.32 bits per heavy atom. The second-order valence-corrected chi connectivity index (χ2v) is 6.69. The van der Waals surface area contributed by atoms with Crippen LogP contribution in [0.15, 0.2) is 45.6 Å². The number of rotatable bonds is 6. The van der Waals surface area contributed by atoms with Gasteiger partial charge in [0.1, 0.15) is 5.69 Å². The van der Waals surface area contributed by atoms with Crippen LogP contribution >= 0.6 is 22.9 Å². The first-order chi connectivity index (χ1) is 13.5. The van der Waals surface area contributed by atoms with Crippen LogP contribution in [0.5, 0.6) is 11.5 Å². The Balaban J connectivity index is 1.79. The van der Waals surface area contributed by atoms with Crippen molar-refractivity contribution in [1.82, 2.24) is 15.4 Å². The van der Waals surface area contributed by atoms with E-state index in [1.807, 2.05) is 17.5 Å². The first-order valence-corrected chi connectivity index (χ1v) is 9.18. The molecule has 0 fully saturated rings. The number of methoxy groups -OCH3 is 2. The van der Waals surface area contributed by atoms with E-state index in [1.54, 1.807) is 12.1 Å². The molecule has 0 saturated carbocycles. The molecule has 28 heavy (non-hydrogen) atoms. The van der Waals surface area contributed by atoms with Crippen molar-refractivity contribution in [2.75, 3.05) is 14.2 Å². The lowest BCUT2D eigenvalue weighted by molar-refractivity contribution is 0.0949. The highest BCUT2D eigenvalue weighted by atomic mass is 35.5. The van der Waals surface area contributed by atoms with Crippen molar-refractivity contribution in [2.45, 2.75) is 0 Å². The summed E-state index contributed by atoms with van der Waals surface area (Å²) in [6.45, 7) is 0. The average Bonchev–Trinajstić information content (AvgIpc) is 3.23. The molecule has 1 aromatic carbocycles. The summed E-state index contributed by atoms with van der Waals surface area (Å²) in [7, 11) is 2.97. The topological polar surface area (TPSA) is 106 Å². The number of H-pyrrole nitrogens is 1. The smallest absolute Gasteiger partial charge is 0.346 e. The quantitative estimate of drug-likeness (QED) is 0.473. The molecule has 3 rings (SSSR count). The average molecular weight is 419 g/mol. The Morgan fingerprint density at radius 3 is 2.82 bits per heavy atom. The lowest BCUT2D eigenvalue weighted by atomic mass is 10.2. The number of thiophene rings is 1. The SMILES string of the molecule is COc1ccc(/C=N/NC(=O)c2cc(-c3cccs3)[nH]c(=O)n2)c(Cl)c1OC. The molecule has 3 aromatic rings. The molecular weight excluding hydrogens is 404 g/mol. The van der Waals surface area contributed by atoms with E-state index in [9.17, 15) is 9.59 Å². The van der Waals surface area contributed by atoms with Crippen LogP contribution in [-0.4, -0.2) is 36.3 Å². The van der Waals surface area contributed by atoms with Gasteiger partial charge in [0.05, 0.1) is 36.0 Å². The first kappa shape index (κ1) is 19.6. The fourth-order valence-electron chi connectivity index (χ4n) is 2.36. The lowest BCUT2D eigenvalue weighted by Crippen LogP contribution is -2.24. The second kappa shape index (κ2) is 8.68. The van der Waals surface area contributed by atoms with Gasteiger partial charge in [-0.05, 0) is 29.6 Å². The van der Waals surface area contributed by atoms with E-state index in [0.29, 0.717) is 22.8 Å². The molecular formula is C18H15ClN4O4S. The zero-order valence-corrected chi connectivity index (χ0v) is 16.4. The number of aromatic nitrogens is 2. The molecule has 0 aliphatic carbocycles. The van der Waals surface area contributed by atoms with Gasteiger partial charge in [-0.15, -0.1) is 11.3 Å². The van der Waals surface area contributed by atoms with Crippen molar-refractivity contribution < 1.29 is 14.3 Å². The number of halogens is 1. The van der Waals surface area contributed by atoms with Gasteiger partial charge in [-0.2, -0.15) is 10.1 Å². The van der Waals surface area contributed by atoms with Crippen LogP contribution in [0.4, 0.5) is 0 Å². The molecule has 8 nitrogen and oxygen atoms in total. The number of carbonyl (C=O) groups is 1. The predicted octanol–water partition coefficient (Wildman–Crippen LogP) is 2.93. The third-order valence-electron chi connectivity index (χ3n) is 3.65. The van der Waals surface area contributed by atoms with Crippen molar-refractivity contribution in [3.63, 3.8) is 0 Å². The molecule has 144 valence electrons. The maximum atomic E-state index is 12.3. The zero-order chi connectivity index (χ0) is 20.1. The molecule has 0 bridgehead atoms. The van der Waals surface area contributed by atoms with Gasteiger partial charge < -0.3 is 14.5 Å². The van der Waals surface area contributed by atoms with E-state index in [1.165, 1.54) is 37.8 Å². The summed E-state index contributed by atoms with van der Waals surface area (Å²) >= 11 is 7.69. The normalized spacial score (nSPS) is 10.8. The van der Waals surface area contributed by atoms with Gasteiger partial charge in [0.15, 0.2) is 11.5 Å². The molecule has 1 amide bonds. The molecule has 0 atom stereocenters. The van der Waals surface area contributed by atoms with E-state index < -0.39 is 11.6 Å². The fourth-order valence-corrected chi connectivity index (χ4v) is 3.34. The van der Waals surface area contributed by atoms with Gasteiger partial charge in [0, 0.05) is 5.56 Å². The number of ether oxygens (including phenoxy) is 2. The zero-order valence-electron chi connectivity index (χ0n) is 14.9. The number of nitrogens with zero attached hydrogens (tertiary/aromatic N) is 2. The van der Waals surface area contributed by atoms with Gasteiger partial charge >= 0.3 is 5.69 Å². The highest BCUT2D eigenvalue weighted by Gasteiger charge is 2.13. The minimum Gasteiger partial charge on any atom is -0.493 e. The number of hydrazone groups is 1. The Kier molecular flexibility index (Phi) is 6.07. The minimum absolute atomic E-state index is 0.0530. The number of amides is 1. The second-order valence-electron chi connectivity index (χ2n) is 5.37. The van der Waals surface area contributed by atoms with Crippen LogP contribution in [0.1, 0.15) is 16.1 Å². The molecule has 0 unspecified atom stereocenters. The van der Waals surface area contributed by atoms with E-state index in [-0.39, 0.29) is 10.7 Å². The van der Waals surface area contributed by atoms with Crippen LogP contribution in [0, 0.1) is 0 Å². The molecule has 2 heterocycles. The van der Waals surface area contributed by atoms with E-state index in [2.05, 4.69) is 20.5 Å². The Morgan fingerprint density at radius 2 is 2.14 bits per heavy atom. The van der Waals surface area contributed by atoms with Crippen molar-refractivity contribution in [3.8, 4) is 22.1 Å². The third kappa shape index (κ3) is 4.21. The van der Waals surface area contributed by atoms with Crippen LogP contribution in [-0.2, 0) is 0 Å². The van der Waals surface area contributed by atoms with Crippen LogP contribution in [0.2, 0.25) is 5.02 Å². The summed E-state index contributed by atoms with van der Waals surface area (Å²) in [6, 6.07) is 8.49. The number of hydrogen-bond donors (Lipinski definition) is 2. The van der Waals surface area contributed by atoms with E-state index in [4.69, 9.17) is 21.1 Å². The molecule has 0 spiro atoms. The summed E-state index contributed by atoms with van der Waals surface area (Å²) < 4.78 is 10.4. The maximum Gasteiger partial charge on any atom is 0.346 e. The fraction of sp³-hybridized carbons (Fsp3) is 0.111. The van der Waals surface area contributed by atoms with Gasteiger partial charge in [0.25, 0.3) is 5.91 Å². The highest BCUT2D eigenvalue weighted by Crippen LogP contribution is 2.36. The molecule has 0 aliphatic heterocycles. The standard InChI is InChI=1S/C18H15ClN4O4S/c1-26-13-6-5-10(15(19)16(13)27-2)9-20-23-17(24)12-8-11(21-18(25)22-12)14-4-3-7-28-14/h3-9H,1-2H3,(H,23,24)(H,21,22,25)/b20-9+. The summed E-state index contributed by atoms with van der Waals surface area (Å²) in [5.41, 5.74) is 2.67. The van der Waals surface area contributed by atoms with Crippen molar-refractivity contribution in [3.05, 3.63) is 62.5 Å². The van der Waals surface area contributed by atoms with Gasteiger partial charge in [-0.1, -0.05) is 17.7 Å². The highest BCUT2D eigenvalue weighted by molar-refractivity contribution is 7.13. The summed E-state index contributed by atoms with van der Waals surface area (Å²) in [4.78, 5) is 31.2. The number of hydrogen-bond acceptors (Lipinski definition) is 7. The van der Waals surface area contributed by atoms with Gasteiger partial charge in [-0.25, -0.2) is 10.2 Å². The van der Waals surface area contributed by atoms with Gasteiger partial charge in [-0.3, -0.25) is 4.79 Å².